The van der Waals surface area contributed by atoms with Crippen molar-refractivity contribution in [2.24, 2.45) is 7.05 Å². The third-order valence-corrected chi connectivity index (χ3v) is 4.79. The van der Waals surface area contributed by atoms with Crippen LogP contribution in [0.4, 0.5) is 0 Å². The maximum absolute atomic E-state index is 12.9. The lowest BCUT2D eigenvalue weighted by molar-refractivity contribution is 0.186. The zero-order valence-electron chi connectivity index (χ0n) is 14.5. The van der Waals surface area contributed by atoms with Crippen molar-refractivity contribution in [3.63, 3.8) is 0 Å². The van der Waals surface area contributed by atoms with Gasteiger partial charge in [0.25, 0.3) is 5.56 Å². The fourth-order valence-corrected chi connectivity index (χ4v) is 3.45. The molecule has 5 rings (SSSR count). The zero-order valence-corrected chi connectivity index (χ0v) is 14.5. The van der Waals surface area contributed by atoms with E-state index in [2.05, 4.69) is 20.2 Å². The predicted molar refractivity (Wildman–Crippen MR) is 94.4 cm³/mol. The van der Waals surface area contributed by atoms with Gasteiger partial charge < -0.3 is 9.30 Å². The third-order valence-electron chi connectivity index (χ3n) is 4.79. The van der Waals surface area contributed by atoms with Crippen molar-refractivity contribution in [2.75, 3.05) is 13.2 Å². The van der Waals surface area contributed by atoms with Crippen LogP contribution in [0.1, 0.15) is 18.3 Å². The lowest BCUT2D eigenvalue weighted by atomic mass is 10.2. The molecule has 4 aromatic heterocycles. The summed E-state index contributed by atoms with van der Waals surface area (Å²) in [6, 6.07) is 1.98. The summed E-state index contributed by atoms with van der Waals surface area (Å²) in [5.74, 6) is 1.24. The van der Waals surface area contributed by atoms with Crippen molar-refractivity contribution >= 4 is 21.9 Å². The van der Waals surface area contributed by atoms with Gasteiger partial charge in [-0.1, -0.05) is 0 Å². The molecule has 0 N–H and O–H groups in total. The van der Waals surface area contributed by atoms with E-state index in [1.165, 1.54) is 0 Å². The summed E-state index contributed by atoms with van der Waals surface area (Å²) in [5.41, 5.74) is 1.05. The predicted octanol–water partition coefficient (Wildman–Crippen LogP) is 1.13. The fraction of sp³-hybridized carbons (Fsp3) is 0.353. The van der Waals surface area contributed by atoms with Gasteiger partial charge in [0.2, 0.25) is 0 Å². The van der Waals surface area contributed by atoms with Gasteiger partial charge in [0, 0.05) is 31.4 Å². The van der Waals surface area contributed by atoms with Crippen molar-refractivity contribution in [1.29, 1.82) is 0 Å². The van der Waals surface area contributed by atoms with Crippen LogP contribution >= 0.6 is 0 Å². The summed E-state index contributed by atoms with van der Waals surface area (Å²) >= 11 is 0. The summed E-state index contributed by atoms with van der Waals surface area (Å²) in [7, 11) is 1.83. The van der Waals surface area contributed by atoms with E-state index in [4.69, 9.17) is 4.74 Å². The molecule has 5 heterocycles. The molecule has 1 fully saturated rings. The summed E-state index contributed by atoms with van der Waals surface area (Å²) in [6.07, 6.45) is 6.19. The second kappa shape index (κ2) is 5.46. The van der Waals surface area contributed by atoms with E-state index in [9.17, 15) is 4.79 Å². The first-order chi connectivity index (χ1) is 12.6. The molecule has 9 nitrogen and oxygen atoms in total. The lowest BCUT2D eigenvalue weighted by Crippen LogP contribution is -2.24. The summed E-state index contributed by atoms with van der Waals surface area (Å²) in [5, 5.41) is 10.3. The molecule has 0 aromatic carbocycles. The van der Waals surface area contributed by atoms with Crippen LogP contribution in [0.5, 0.6) is 0 Å². The van der Waals surface area contributed by atoms with E-state index in [1.54, 1.807) is 20.1 Å². The van der Waals surface area contributed by atoms with E-state index in [-0.39, 0.29) is 11.6 Å². The van der Waals surface area contributed by atoms with Crippen molar-refractivity contribution in [3.8, 4) is 5.82 Å². The molecule has 0 aliphatic carbocycles. The molecule has 1 saturated heterocycles. The normalized spacial score (nSPS) is 17.5. The molecule has 0 amide bonds. The van der Waals surface area contributed by atoms with Gasteiger partial charge in [0.1, 0.15) is 5.82 Å². The first-order valence-electron chi connectivity index (χ1n) is 8.47. The molecule has 0 saturated carbocycles. The molecule has 1 unspecified atom stereocenters. The molecule has 1 aliphatic rings. The highest BCUT2D eigenvalue weighted by atomic mass is 16.5. The van der Waals surface area contributed by atoms with E-state index in [1.807, 2.05) is 32.4 Å². The first-order valence-corrected chi connectivity index (χ1v) is 8.47. The van der Waals surface area contributed by atoms with Crippen LogP contribution in [-0.2, 0) is 11.8 Å². The minimum atomic E-state index is -0.107. The van der Waals surface area contributed by atoms with E-state index in [0.717, 1.165) is 22.8 Å². The smallest absolute Gasteiger partial charge is 0.279 e. The first kappa shape index (κ1) is 15.2. The summed E-state index contributed by atoms with van der Waals surface area (Å²) < 4.78 is 10.5. The number of aryl methyl sites for hydroxylation is 2. The van der Waals surface area contributed by atoms with Gasteiger partial charge in [-0.2, -0.15) is 10.2 Å². The SMILES string of the molecule is Cc1nc(-n2cc3ccn(C4CCOC4)c(=O)c3n2)c2cnn(C)c2n1. The number of hydrogen-bond acceptors (Lipinski definition) is 6. The Morgan fingerprint density at radius 2 is 2.19 bits per heavy atom. The van der Waals surface area contributed by atoms with E-state index >= 15 is 0 Å². The van der Waals surface area contributed by atoms with E-state index in [0.29, 0.717) is 30.4 Å². The molecule has 132 valence electrons. The molecular weight excluding hydrogens is 334 g/mol. The maximum Gasteiger partial charge on any atom is 0.279 e. The highest BCUT2D eigenvalue weighted by molar-refractivity contribution is 5.84. The standard InChI is InChI=1S/C17H17N7O2/c1-10-19-15-13(7-18-22(15)2)16(20-10)24-8-11-3-5-23(12-4-6-26-9-12)17(25)14(11)21-24/h3,5,7-8,12H,4,6,9H2,1-2H3. The Morgan fingerprint density at radius 1 is 1.31 bits per heavy atom. The molecule has 4 aromatic rings. The summed E-state index contributed by atoms with van der Waals surface area (Å²) in [4.78, 5) is 21.8. The average Bonchev–Trinajstić information content (AvgIpc) is 3.35. The Balaban J connectivity index is 1.71. The van der Waals surface area contributed by atoms with Crippen LogP contribution in [0.15, 0.2) is 29.5 Å². The Bertz CT molecular complexity index is 1200. The number of aromatic nitrogens is 7. The van der Waals surface area contributed by atoms with Crippen LogP contribution in [0.2, 0.25) is 0 Å². The van der Waals surface area contributed by atoms with Crippen LogP contribution < -0.4 is 5.56 Å². The fourth-order valence-electron chi connectivity index (χ4n) is 3.45. The highest BCUT2D eigenvalue weighted by Gasteiger charge is 2.21. The monoisotopic (exact) mass is 351 g/mol. The topological polar surface area (TPSA) is 92.6 Å². The molecule has 0 spiro atoms. The van der Waals surface area contributed by atoms with Crippen LogP contribution in [0.25, 0.3) is 27.8 Å². The van der Waals surface area contributed by atoms with Crippen molar-refractivity contribution in [3.05, 3.63) is 40.8 Å². The summed E-state index contributed by atoms with van der Waals surface area (Å²) in [6.45, 7) is 3.07. The molecule has 0 bridgehead atoms. The van der Waals surface area contributed by atoms with Crippen molar-refractivity contribution in [1.82, 2.24) is 34.1 Å². The molecule has 1 atom stereocenters. The van der Waals surface area contributed by atoms with Crippen LogP contribution in [-0.4, -0.2) is 47.3 Å². The lowest BCUT2D eigenvalue weighted by Gasteiger charge is -2.10. The molecule has 9 heteroatoms. The van der Waals surface area contributed by atoms with Crippen LogP contribution in [0, 0.1) is 6.92 Å². The number of rotatable bonds is 2. The highest BCUT2D eigenvalue weighted by Crippen LogP contribution is 2.21. The van der Waals surface area contributed by atoms with Gasteiger partial charge in [-0.3, -0.25) is 9.48 Å². The number of hydrogen-bond donors (Lipinski definition) is 0. The average molecular weight is 351 g/mol. The number of pyridine rings is 1. The van der Waals surface area contributed by atoms with Gasteiger partial charge in [0.05, 0.1) is 24.2 Å². The largest absolute Gasteiger partial charge is 0.379 e. The van der Waals surface area contributed by atoms with E-state index < -0.39 is 0 Å². The Morgan fingerprint density at radius 3 is 3.00 bits per heavy atom. The molecule has 0 radical (unpaired) electrons. The third kappa shape index (κ3) is 2.17. The van der Waals surface area contributed by atoms with Crippen molar-refractivity contribution in [2.45, 2.75) is 19.4 Å². The Labute approximate surface area is 147 Å². The molecule has 26 heavy (non-hydrogen) atoms. The minimum absolute atomic E-state index is 0.0726. The van der Waals surface area contributed by atoms with Crippen LogP contribution in [0.3, 0.4) is 0 Å². The second-order valence-electron chi connectivity index (χ2n) is 6.52. The maximum atomic E-state index is 12.9. The van der Waals surface area contributed by atoms with Crippen molar-refractivity contribution < 1.29 is 4.74 Å². The Hall–Kier alpha value is -3.07. The van der Waals surface area contributed by atoms with Gasteiger partial charge in [-0.25, -0.2) is 14.6 Å². The zero-order chi connectivity index (χ0) is 17.8. The van der Waals surface area contributed by atoms with Gasteiger partial charge in [-0.15, -0.1) is 0 Å². The number of nitrogens with zero attached hydrogens (tertiary/aromatic N) is 7. The number of ether oxygens (including phenoxy) is 1. The molecular formula is C17H17N7O2. The van der Waals surface area contributed by atoms with Gasteiger partial charge in [-0.05, 0) is 19.4 Å². The second-order valence-corrected chi connectivity index (χ2v) is 6.52. The molecule has 1 aliphatic heterocycles. The van der Waals surface area contributed by atoms with Gasteiger partial charge >= 0.3 is 0 Å². The Kier molecular flexibility index (Phi) is 3.20. The van der Waals surface area contributed by atoms with Gasteiger partial charge in [0.15, 0.2) is 17.0 Å². The quantitative estimate of drug-likeness (QED) is 0.538. The minimum Gasteiger partial charge on any atom is -0.379 e. The number of fused-ring (bicyclic) bond motifs is 2.